The van der Waals surface area contributed by atoms with Crippen LogP contribution >= 0.6 is 0 Å². The molecule has 2 aromatic carbocycles. The highest BCUT2D eigenvalue weighted by molar-refractivity contribution is 5.74. The molecular formula is C20H22O. The van der Waals surface area contributed by atoms with Gasteiger partial charge in [-0.05, 0) is 43.9 Å². The van der Waals surface area contributed by atoms with Gasteiger partial charge < -0.3 is 4.74 Å². The first-order valence-corrected chi connectivity index (χ1v) is 7.55. The zero-order valence-corrected chi connectivity index (χ0v) is 13.0. The molecule has 1 unspecified atom stereocenters. The van der Waals surface area contributed by atoms with Crippen LogP contribution in [0.3, 0.4) is 0 Å². The maximum atomic E-state index is 6.44. The molecule has 0 amide bonds. The lowest BCUT2D eigenvalue weighted by atomic mass is 9.83. The van der Waals surface area contributed by atoms with E-state index in [9.17, 15) is 0 Å². The predicted molar refractivity (Wildman–Crippen MR) is 88.0 cm³/mol. The van der Waals surface area contributed by atoms with Gasteiger partial charge in [0.2, 0.25) is 0 Å². The molecule has 0 N–H and O–H groups in total. The Hall–Kier alpha value is -1.86. The van der Waals surface area contributed by atoms with Gasteiger partial charge in [0.25, 0.3) is 0 Å². The fourth-order valence-corrected chi connectivity index (χ4v) is 3.26. The topological polar surface area (TPSA) is 9.23 Å². The standard InChI is InChI=1S/C20H22O/c1-15-14-20(2,3)21-19(17-12-8-5-9-13-17)18(15)16-10-6-4-7-11-16/h4-13,19H,14H2,1-3H3. The van der Waals surface area contributed by atoms with Gasteiger partial charge in [0.1, 0.15) is 6.10 Å². The van der Waals surface area contributed by atoms with E-state index in [0.717, 1.165) is 6.42 Å². The van der Waals surface area contributed by atoms with E-state index < -0.39 is 0 Å². The first-order chi connectivity index (χ1) is 10.1. The molecule has 0 bridgehead atoms. The highest BCUT2D eigenvalue weighted by Gasteiger charge is 2.34. The van der Waals surface area contributed by atoms with Crippen molar-refractivity contribution in [3.63, 3.8) is 0 Å². The van der Waals surface area contributed by atoms with Crippen LogP contribution in [0.5, 0.6) is 0 Å². The first-order valence-electron chi connectivity index (χ1n) is 7.55. The van der Waals surface area contributed by atoms with Crippen LogP contribution in [0.4, 0.5) is 0 Å². The van der Waals surface area contributed by atoms with Crippen LogP contribution in [-0.4, -0.2) is 5.60 Å². The molecular weight excluding hydrogens is 256 g/mol. The molecule has 21 heavy (non-hydrogen) atoms. The van der Waals surface area contributed by atoms with Gasteiger partial charge in [0, 0.05) is 0 Å². The Morgan fingerprint density at radius 2 is 1.48 bits per heavy atom. The van der Waals surface area contributed by atoms with Crippen molar-refractivity contribution in [2.24, 2.45) is 0 Å². The van der Waals surface area contributed by atoms with E-state index in [0.29, 0.717) is 0 Å². The van der Waals surface area contributed by atoms with Gasteiger partial charge in [-0.15, -0.1) is 0 Å². The van der Waals surface area contributed by atoms with Crippen molar-refractivity contribution in [3.8, 4) is 0 Å². The minimum Gasteiger partial charge on any atom is -0.363 e. The molecule has 0 saturated heterocycles. The minimum absolute atomic E-state index is 0.0114. The summed E-state index contributed by atoms with van der Waals surface area (Å²) in [6.45, 7) is 6.59. The van der Waals surface area contributed by atoms with E-state index in [2.05, 4.69) is 81.4 Å². The van der Waals surface area contributed by atoms with E-state index >= 15 is 0 Å². The smallest absolute Gasteiger partial charge is 0.109 e. The molecule has 1 atom stereocenters. The Morgan fingerprint density at radius 3 is 2.10 bits per heavy atom. The summed E-state index contributed by atoms with van der Waals surface area (Å²) < 4.78 is 6.44. The lowest BCUT2D eigenvalue weighted by Gasteiger charge is -2.39. The van der Waals surface area contributed by atoms with Crippen molar-refractivity contribution < 1.29 is 4.74 Å². The van der Waals surface area contributed by atoms with E-state index in [1.807, 2.05) is 0 Å². The Kier molecular flexibility index (Phi) is 3.69. The van der Waals surface area contributed by atoms with Crippen LogP contribution in [-0.2, 0) is 4.74 Å². The van der Waals surface area contributed by atoms with Crippen LogP contribution in [0.1, 0.15) is 44.4 Å². The molecule has 2 aromatic rings. The van der Waals surface area contributed by atoms with Gasteiger partial charge in [0.15, 0.2) is 0 Å². The SMILES string of the molecule is CC1=C(c2ccccc2)C(c2ccccc2)OC(C)(C)C1. The molecule has 0 radical (unpaired) electrons. The Bertz CT molecular complexity index is 638. The van der Waals surface area contributed by atoms with Crippen LogP contribution < -0.4 is 0 Å². The van der Waals surface area contributed by atoms with Crippen LogP contribution in [0.25, 0.3) is 5.57 Å². The number of hydrogen-bond donors (Lipinski definition) is 0. The van der Waals surface area contributed by atoms with Crippen molar-refractivity contribution in [1.29, 1.82) is 0 Å². The highest BCUT2D eigenvalue weighted by Crippen LogP contribution is 2.45. The summed E-state index contributed by atoms with van der Waals surface area (Å²) >= 11 is 0. The van der Waals surface area contributed by atoms with E-state index in [-0.39, 0.29) is 11.7 Å². The molecule has 0 aliphatic carbocycles. The van der Waals surface area contributed by atoms with E-state index in [4.69, 9.17) is 4.74 Å². The molecule has 3 rings (SSSR count). The average Bonchev–Trinajstić information content (AvgIpc) is 2.47. The molecule has 1 aliphatic rings. The van der Waals surface area contributed by atoms with Gasteiger partial charge in [-0.25, -0.2) is 0 Å². The summed E-state index contributed by atoms with van der Waals surface area (Å²) in [7, 11) is 0. The van der Waals surface area contributed by atoms with Crippen molar-refractivity contribution in [1.82, 2.24) is 0 Å². The zero-order valence-electron chi connectivity index (χ0n) is 13.0. The fourth-order valence-electron chi connectivity index (χ4n) is 3.26. The van der Waals surface area contributed by atoms with Crippen molar-refractivity contribution in [2.45, 2.75) is 38.9 Å². The Balaban J connectivity index is 2.12. The number of benzene rings is 2. The lowest BCUT2D eigenvalue weighted by molar-refractivity contribution is -0.0560. The molecule has 108 valence electrons. The normalized spacial score (nSPS) is 21.4. The zero-order chi connectivity index (χ0) is 14.9. The third-order valence-corrected chi connectivity index (χ3v) is 4.04. The van der Waals surface area contributed by atoms with Crippen molar-refractivity contribution in [2.75, 3.05) is 0 Å². The largest absolute Gasteiger partial charge is 0.363 e. The molecule has 1 aliphatic heterocycles. The monoisotopic (exact) mass is 278 g/mol. The van der Waals surface area contributed by atoms with Gasteiger partial charge in [-0.2, -0.15) is 0 Å². The quantitative estimate of drug-likeness (QED) is 0.714. The summed E-state index contributed by atoms with van der Waals surface area (Å²) in [6, 6.07) is 21.1. The fraction of sp³-hybridized carbons (Fsp3) is 0.300. The maximum absolute atomic E-state index is 6.44. The minimum atomic E-state index is -0.122. The lowest BCUT2D eigenvalue weighted by Crippen LogP contribution is -2.32. The number of rotatable bonds is 2. The first kappa shape index (κ1) is 14.1. The van der Waals surface area contributed by atoms with E-state index in [1.165, 1.54) is 22.3 Å². The van der Waals surface area contributed by atoms with E-state index in [1.54, 1.807) is 0 Å². The molecule has 1 heteroatoms. The van der Waals surface area contributed by atoms with Gasteiger partial charge in [-0.3, -0.25) is 0 Å². The van der Waals surface area contributed by atoms with Crippen LogP contribution in [0, 0.1) is 0 Å². The summed E-state index contributed by atoms with van der Waals surface area (Å²) in [5.74, 6) is 0. The third-order valence-electron chi connectivity index (χ3n) is 4.04. The molecule has 0 fully saturated rings. The molecule has 1 heterocycles. The second-order valence-electron chi connectivity index (χ2n) is 6.41. The van der Waals surface area contributed by atoms with Crippen molar-refractivity contribution >= 4 is 5.57 Å². The maximum Gasteiger partial charge on any atom is 0.109 e. The molecule has 0 aromatic heterocycles. The van der Waals surface area contributed by atoms with Crippen LogP contribution in [0.2, 0.25) is 0 Å². The molecule has 0 saturated carbocycles. The number of ether oxygens (including phenoxy) is 1. The average molecular weight is 278 g/mol. The van der Waals surface area contributed by atoms with Gasteiger partial charge in [-0.1, -0.05) is 66.2 Å². The molecule has 0 spiro atoms. The predicted octanol–water partition coefficient (Wildman–Crippen LogP) is 5.40. The molecule has 1 nitrogen and oxygen atoms in total. The van der Waals surface area contributed by atoms with Gasteiger partial charge >= 0.3 is 0 Å². The summed E-state index contributed by atoms with van der Waals surface area (Å²) in [5.41, 5.74) is 5.11. The number of hydrogen-bond acceptors (Lipinski definition) is 1. The third kappa shape index (κ3) is 2.93. The summed E-state index contributed by atoms with van der Waals surface area (Å²) in [5, 5.41) is 0. The summed E-state index contributed by atoms with van der Waals surface area (Å²) in [6.07, 6.45) is 0.984. The van der Waals surface area contributed by atoms with Crippen molar-refractivity contribution in [3.05, 3.63) is 77.4 Å². The second kappa shape index (κ2) is 5.50. The highest BCUT2D eigenvalue weighted by atomic mass is 16.5. The Morgan fingerprint density at radius 1 is 0.905 bits per heavy atom. The van der Waals surface area contributed by atoms with Crippen LogP contribution in [0.15, 0.2) is 66.2 Å². The summed E-state index contributed by atoms with van der Waals surface area (Å²) in [4.78, 5) is 0. The second-order valence-corrected chi connectivity index (χ2v) is 6.41. The van der Waals surface area contributed by atoms with Gasteiger partial charge in [0.05, 0.1) is 5.60 Å². The Labute approximate surface area is 127 Å².